The first kappa shape index (κ1) is 26.6. The molecular formula is C25H27N7O5. The lowest BCUT2D eigenvalue weighted by Crippen LogP contribution is -2.17. The predicted molar refractivity (Wildman–Crippen MR) is 136 cm³/mol. The fourth-order valence-corrected chi connectivity index (χ4v) is 3.56. The highest BCUT2D eigenvalue weighted by atomic mass is 16.5. The normalized spacial score (nSPS) is 11.1. The Balaban J connectivity index is 0.000000886. The molecule has 2 heterocycles. The number of H-pyrrole nitrogens is 1. The van der Waals surface area contributed by atoms with Gasteiger partial charge in [0, 0.05) is 24.6 Å². The van der Waals surface area contributed by atoms with E-state index in [0.717, 1.165) is 18.1 Å². The summed E-state index contributed by atoms with van der Waals surface area (Å²) in [6, 6.07) is 16.3. The maximum absolute atomic E-state index is 12.7. The van der Waals surface area contributed by atoms with E-state index in [1.165, 1.54) is 10.9 Å². The fourth-order valence-electron chi connectivity index (χ4n) is 3.56. The molecule has 4 rings (SSSR count). The van der Waals surface area contributed by atoms with Gasteiger partial charge < -0.3 is 20.3 Å². The molecule has 0 aliphatic carbocycles. The minimum absolute atomic E-state index is 0.00466. The van der Waals surface area contributed by atoms with E-state index in [1.54, 1.807) is 38.5 Å². The van der Waals surface area contributed by atoms with E-state index in [0.29, 0.717) is 35.1 Å². The summed E-state index contributed by atoms with van der Waals surface area (Å²) in [5.41, 5.74) is 7.66. The number of amidine groups is 1. The van der Waals surface area contributed by atoms with Crippen LogP contribution in [0.1, 0.15) is 35.4 Å². The summed E-state index contributed by atoms with van der Waals surface area (Å²) < 4.78 is 12.0. The molecule has 0 aliphatic heterocycles. The van der Waals surface area contributed by atoms with Crippen molar-refractivity contribution >= 4 is 11.8 Å². The first-order valence-corrected chi connectivity index (χ1v) is 11.1. The van der Waals surface area contributed by atoms with Crippen molar-refractivity contribution in [2.24, 2.45) is 5.73 Å². The molecule has 0 spiro atoms. The molecule has 5 N–H and O–H groups in total. The minimum Gasteiger partial charge on any atom is -0.493 e. The number of nitrogens with one attached hydrogen (secondary N) is 2. The molecule has 192 valence electrons. The third-order valence-electron chi connectivity index (χ3n) is 5.26. The van der Waals surface area contributed by atoms with Crippen molar-refractivity contribution in [1.82, 2.24) is 25.0 Å². The summed E-state index contributed by atoms with van der Waals surface area (Å²) >= 11 is 0. The fraction of sp³-hybridized carbons (Fsp3) is 0.200. The molecule has 37 heavy (non-hydrogen) atoms. The number of carbonyl (C=O) groups is 1. The van der Waals surface area contributed by atoms with Crippen molar-refractivity contribution in [2.45, 2.75) is 19.3 Å². The second-order valence-electron chi connectivity index (χ2n) is 7.81. The maximum atomic E-state index is 12.7. The summed E-state index contributed by atoms with van der Waals surface area (Å²) in [6.45, 7) is 1.08. The molecule has 0 bridgehead atoms. The van der Waals surface area contributed by atoms with Crippen LogP contribution in [0.15, 0.2) is 65.6 Å². The number of nitrogens with zero attached hydrogens (tertiary/aromatic N) is 4. The number of nitrogens with two attached hydrogens (primary N) is 1. The molecule has 12 nitrogen and oxygen atoms in total. The van der Waals surface area contributed by atoms with Crippen LogP contribution in [0.4, 0.5) is 0 Å². The second-order valence-corrected chi connectivity index (χ2v) is 7.81. The first-order valence-electron chi connectivity index (χ1n) is 11.1. The van der Waals surface area contributed by atoms with E-state index in [-0.39, 0.29) is 11.8 Å². The van der Waals surface area contributed by atoms with E-state index < -0.39 is 11.7 Å². The number of hydrogen-bond acceptors (Lipinski definition) is 8. The quantitative estimate of drug-likeness (QED) is 0.206. The number of nitrogen functional groups attached to an aromatic ring is 1. The molecule has 1 atom stereocenters. The topological polar surface area (TPSA) is 182 Å². The van der Waals surface area contributed by atoms with Gasteiger partial charge >= 0.3 is 5.69 Å². The smallest absolute Gasteiger partial charge is 0.349 e. The number of carboxylic acids is 1. The van der Waals surface area contributed by atoms with Crippen molar-refractivity contribution in [3.8, 4) is 17.3 Å². The molecule has 0 radical (unpaired) electrons. The zero-order valence-corrected chi connectivity index (χ0v) is 20.5. The van der Waals surface area contributed by atoms with E-state index >= 15 is 0 Å². The molecule has 4 aromatic rings. The number of aliphatic carboxylic acids is 1. The van der Waals surface area contributed by atoms with Crippen LogP contribution in [0.2, 0.25) is 0 Å². The Labute approximate surface area is 212 Å². The van der Waals surface area contributed by atoms with Crippen molar-refractivity contribution in [2.75, 3.05) is 14.2 Å². The standard InChI is InChI=1S/C23H23N7O3.C2H4O2/c1-32-18-10-9-16(13-19(18)33-2)17(12-14-5-7-15(8-6-14)21(24)25)22-27-23(31)30(29-22)20-4-3-11-26-28-20;1-2(3)4/h3-11,13,17H,12H2,1-2H3,(H3,24,25)(H,27,29,31);1H3,(H,3,4). The van der Waals surface area contributed by atoms with Gasteiger partial charge in [-0.1, -0.05) is 30.3 Å². The first-order chi connectivity index (χ1) is 17.7. The van der Waals surface area contributed by atoms with Gasteiger partial charge in [-0.3, -0.25) is 15.2 Å². The van der Waals surface area contributed by atoms with Gasteiger partial charge in [-0.2, -0.15) is 9.78 Å². The summed E-state index contributed by atoms with van der Waals surface area (Å²) in [4.78, 5) is 24.5. The molecule has 1 unspecified atom stereocenters. The highest BCUT2D eigenvalue weighted by Crippen LogP contribution is 2.34. The number of ether oxygens (including phenoxy) is 2. The van der Waals surface area contributed by atoms with Crippen LogP contribution in [0, 0.1) is 5.41 Å². The average Bonchev–Trinajstić information content (AvgIpc) is 3.28. The lowest BCUT2D eigenvalue weighted by molar-refractivity contribution is -0.134. The third kappa shape index (κ3) is 6.78. The van der Waals surface area contributed by atoms with Crippen LogP contribution < -0.4 is 20.9 Å². The third-order valence-corrected chi connectivity index (χ3v) is 5.26. The van der Waals surface area contributed by atoms with E-state index in [2.05, 4.69) is 20.3 Å². The number of hydrogen-bond donors (Lipinski definition) is 4. The van der Waals surface area contributed by atoms with Gasteiger partial charge in [-0.25, -0.2) is 4.79 Å². The second kappa shape index (κ2) is 12.1. The van der Waals surface area contributed by atoms with Crippen molar-refractivity contribution < 1.29 is 19.4 Å². The molecule has 12 heteroatoms. The highest BCUT2D eigenvalue weighted by molar-refractivity contribution is 5.94. The predicted octanol–water partition coefficient (Wildman–Crippen LogP) is 2.12. The minimum atomic E-state index is -0.833. The Morgan fingerprint density at radius 2 is 1.81 bits per heavy atom. The SMILES string of the molecule is CC(=O)O.COc1ccc(C(Cc2ccc(C(=N)N)cc2)c2nn(-c3cccnn3)c(=O)[nH]2)cc1OC. The van der Waals surface area contributed by atoms with Crippen LogP contribution in [0.5, 0.6) is 11.5 Å². The number of rotatable bonds is 8. The molecule has 0 saturated carbocycles. The lowest BCUT2D eigenvalue weighted by Gasteiger charge is -2.17. The van der Waals surface area contributed by atoms with Crippen LogP contribution in [0.25, 0.3) is 5.82 Å². The number of benzene rings is 2. The Morgan fingerprint density at radius 1 is 1.14 bits per heavy atom. The number of aromatic amines is 1. The van der Waals surface area contributed by atoms with Gasteiger partial charge in [0.25, 0.3) is 5.97 Å². The molecule has 0 fully saturated rings. The van der Waals surface area contributed by atoms with E-state index in [4.69, 9.17) is 30.5 Å². The maximum Gasteiger partial charge on any atom is 0.349 e. The largest absolute Gasteiger partial charge is 0.493 e. The Bertz CT molecular complexity index is 1410. The van der Waals surface area contributed by atoms with Gasteiger partial charge in [0.15, 0.2) is 17.3 Å². The van der Waals surface area contributed by atoms with Crippen LogP contribution in [-0.4, -0.2) is 56.1 Å². The van der Waals surface area contributed by atoms with Crippen LogP contribution in [0.3, 0.4) is 0 Å². The molecule has 0 saturated heterocycles. The summed E-state index contributed by atoms with van der Waals surface area (Å²) in [5.74, 6) is 0.825. The Morgan fingerprint density at radius 3 is 2.38 bits per heavy atom. The Hall–Kier alpha value is -5.00. The number of aromatic nitrogens is 5. The molecule has 2 aromatic heterocycles. The monoisotopic (exact) mass is 505 g/mol. The summed E-state index contributed by atoms with van der Waals surface area (Å²) in [6.07, 6.45) is 2.06. The zero-order chi connectivity index (χ0) is 26.9. The van der Waals surface area contributed by atoms with Gasteiger partial charge in [0.1, 0.15) is 11.7 Å². The molecular weight excluding hydrogens is 478 g/mol. The number of carboxylic acid groups (broad SMARTS) is 1. The number of methoxy groups -OCH3 is 2. The van der Waals surface area contributed by atoms with Crippen molar-refractivity contribution in [1.29, 1.82) is 5.41 Å². The van der Waals surface area contributed by atoms with Crippen LogP contribution >= 0.6 is 0 Å². The summed E-state index contributed by atoms with van der Waals surface area (Å²) in [5, 5.41) is 27.3. The highest BCUT2D eigenvalue weighted by Gasteiger charge is 2.23. The molecule has 0 amide bonds. The van der Waals surface area contributed by atoms with E-state index in [1.807, 2.05) is 30.3 Å². The van der Waals surface area contributed by atoms with Gasteiger partial charge in [-0.15, -0.1) is 10.2 Å². The van der Waals surface area contributed by atoms with Gasteiger partial charge in [-0.05, 0) is 41.8 Å². The van der Waals surface area contributed by atoms with Gasteiger partial charge in [0.2, 0.25) is 0 Å². The lowest BCUT2D eigenvalue weighted by atomic mass is 9.90. The van der Waals surface area contributed by atoms with Crippen molar-refractivity contribution in [3.05, 3.63) is 93.8 Å². The molecule has 2 aromatic carbocycles. The summed E-state index contributed by atoms with van der Waals surface area (Å²) in [7, 11) is 3.15. The zero-order valence-electron chi connectivity index (χ0n) is 20.5. The molecule has 0 aliphatic rings. The van der Waals surface area contributed by atoms with Crippen LogP contribution in [-0.2, 0) is 11.2 Å². The van der Waals surface area contributed by atoms with Crippen molar-refractivity contribution in [3.63, 3.8) is 0 Å². The average molecular weight is 506 g/mol. The Kier molecular flexibility index (Phi) is 8.71. The van der Waals surface area contributed by atoms with E-state index in [9.17, 15) is 4.79 Å². The van der Waals surface area contributed by atoms with Gasteiger partial charge in [0.05, 0.1) is 14.2 Å².